The molecule has 6 nitrogen and oxygen atoms in total. The molecule has 0 heterocycles. The molecular weight excluding hydrogens is 306 g/mol. The molecule has 0 amide bonds. The van der Waals surface area contributed by atoms with Crippen LogP contribution in [0.25, 0.3) is 0 Å². The summed E-state index contributed by atoms with van der Waals surface area (Å²) in [5.74, 6) is -1.25. The fraction of sp³-hybridized carbons (Fsp3) is 0.417. The van der Waals surface area contributed by atoms with E-state index in [1.807, 2.05) is 0 Å². The monoisotopic (exact) mass is 321 g/mol. The highest BCUT2D eigenvalue weighted by atomic mass is 35.5. The molecule has 1 rings (SSSR count). The number of carbonyl (C=O) groups is 1. The van der Waals surface area contributed by atoms with Crippen molar-refractivity contribution in [1.29, 1.82) is 0 Å². The number of nitrogens with one attached hydrogen (secondary N) is 1. The zero-order chi connectivity index (χ0) is 15.5. The van der Waals surface area contributed by atoms with E-state index in [0.717, 1.165) is 0 Å². The summed E-state index contributed by atoms with van der Waals surface area (Å²) >= 11 is 5.77. The van der Waals surface area contributed by atoms with Crippen molar-refractivity contribution in [3.8, 4) is 0 Å². The van der Waals surface area contributed by atoms with Gasteiger partial charge < -0.3 is 10.2 Å². The average Bonchev–Trinajstić information content (AvgIpc) is 2.30. The summed E-state index contributed by atoms with van der Waals surface area (Å²) in [5, 5.41) is 17.9. The SMILES string of the molecule is Cc1c(C(=O)O)cc(Cl)cc1S(=O)(=O)NC(C)CCO. The molecule has 1 aromatic rings. The van der Waals surface area contributed by atoms with E-state index in [4.69, 9.17) is 21.8 Å². The van der Waals surface area contributed by atoms with Crippen molar-refractivity contribution in [2.45, 2.75) is 31.2 Å². The van der Waals surface area contributed by atoms with Gasteiger partial charge in [-0.3, -0.25) is 0 Å². The molecule has 1 atom stereocenters. The van der Waals surface area contributed by atoms with Crippen LogP contribution in [-0.2, 0) is 10.0 Å². The molecule has 0 fully saturated rings. The number of carboxylic acids is 1. The molecule has 0 bridgehead atoms. The summed E-state index contributed by atoms with van der Waals surface area (Å²) in [4.78, 5) is 10.9. The Labute approximate surface area is 122 Å². The van der Waals surface area contributed by atoms with Crippen molar-refractivity contribution >= 4 is 27.6 Å². The van der Waals surface area contributed by atoms with E-state index in [2.05, 4.69) is 4.72 Å². The molecule has 0 aliphatic carbocycles. The van der Waals surface area contributed by atoms with Gasteiger partial charge in [-0.2, -0.15) is 0 Å². The Bertz CT molecular complexity index is 615. The van der Waals surface area contributed by atoms with Crippen LogP contribution in [0.1, 0.15) is 29.3 Å². The van der Waals surface area contributed by atoms with Crippen LogP contribution < -0.4 is 4.72 Å². The maximum Gasteiger partial charge on any atom is 0.336 e. The Morgan fingerprint density at radius 2 is 2.05 bits per heavy atom. The van der Waals surface area contributed by atoms with Gasteiger partial charge in [-0.05, 0) is 38.0 Å². The lowest BCUT2D eigenvalue weighted by molar-refractivity contribution is 0.0696. The van der Waals surface area contributed by atoms with Crippen LogP contribution in [0.5, 0.6) is 0 Å². The van der Waals surface area contributed by atoms with Crippen molar-refractivity contribution in [2.75, 3.05) is 6.61 Å². The topological polar surface area (TPSA) is 104 Å². The first-order chi connectivity index (χ1) is 9.19. The standard InChI is InChI=1S/C12H16ClNO5S/c1-7(3-4-15)14-20(18,19)11-6-9(13)5-10(8(11)2)12(16)17/h5-7,14-15H,3-4H2,1-2H3,(H,16,17). The van der Waals surface area contributed by atoms with Crippen LogP contribution in [-0.4, -0.2) is 37.2 Å². The Hall–Kier alpha value is -1.15. The predicted molar refractivity (Wildman–Crippen MR) is 74.6 cm³/mol. The molecule has 1 unspecified atom stereocenters. The van der Waals surface area contributed by atoms with E-state index in [-0.39, 0.29) is 34.1 Å². The summed E-state index contributed by atoms with van der Waals surface area (Å²) in [6, 6.07) is 1.93. The first kappa shape index (κ1) is 16.9. The summed E-state index contributed by atoms with van der Waals surface area (Å²) in [6.45, 7) is 2.86. The lowest BCUT2D eigenvalue weighted by Gasteiger charge is -2.15. The van der Waals surface area contributed by atoms with Gasteiger partial charge in [0.2, 0.25) is 10.0 Å². The van der Waals surface area contributed by atoms with E-state index in [1.165, 1.54) is 19.1 Å². The maximum atomic E-state index is 12.2. The van der Waals surface area contributed by atoms with Crippen molar-refractivity contribution in [3.05, 3.63) is 28.3 Å². The molecule has 0 saturated heterocycles. The van der Waals surface area contributed by atoms with Gasteiger partial charge in [0, 0.05) is 17.7 Å². The van der Waals surface area contributed by atoms with Crippen LogP contribution in [0.15, 0.2) is 17.0 Å². The summed E-state index contributed by atoms with van der Waals surface area (Å²) in [7, 11) is -3.90. The average molecular weight is 322 g/mol. The molecule has 1 aromatic carbocycles. The van der Waals surface area contributed by atoms with Crippen molar-refractivity contribution in [1.82, 2.24) is 4.72 Å². The van der Waals surface area contributed by atoms with Gasteiger partial charge in [0.15, 0.2) is 0 Å². The van der Waals surface area contributed by atoms with Crippen LogP contribution >= 0.6 is 11.6 Å². The van der Waals surface area contributed by atoms with Gasteiger partial charge >= 0.3 is 5.97 Å². The number of rotatable bonds is 6. The zero-order valence-electron chi connectivity index (χ0n) is 11.1. The molecule has 0 radical (unpaired) electrons. The van der Waals surface area contributed by atoms with Crippen molar-refractivity contribution in [2.24, 2.45) is 0 Å². The third-order valence-corrected chi connectivity index (χ3v) is 4.70. The lowest BCUT2D eigenvalue weighted by atomic mass is 10.1. The van der Waals surface area contributed by atoms with E-state index < -0.39 is 22.0 Å². The minimum absolute atomic E-state index is 0.0307. The van der Waals surface area contributed by atoms with Gasteiger partial charge in [0.1, 0.15) is 0 Å². The van der Waals surface area contributed by atoms with Crippen LogP contribution in [0.2, 0.25) is 5.02 Å². The van der Waals surface area contributed by atoms with E-state index in [9.17, 15) is 13.2 Å². The molecule has 8 heteroatoms. The number of halogens is 1. The third-order valence-electron chi connectivity index (χ3n) is 2.76. The Morgan fingerprint density at radius 1 is 1.45 bits per heavy atom. The Kier molecular flexibility index (Phi) is 5.52. The first-order valence-corrected chi connectivity index (χ1v) is 7.71. The largest absolute Gasteiger partial charge is 0.478 e. The summed E-state index contributed by atoms with van der Waals surface area (Å²) in [6.07, 6.45) is 0.255. The summed E-state index contributed by atoms with van der Waals surface area (Å²) < 4.78 is 26.8. The van der Waals surface area contributed by atoms with E-state index >= 15 is 0 Å². The number of sulfonamides is 1. The van der Waals surface area contributed by atoms with E-state index in [1.54, 1.807) is 6.92 Å². The minimum atomic E-state index is -3.90. The molecule has 20 heavy (non-hydrogen) atoms. The maximum absolute atomic E-state index is 12.2. The summed E-state index contributed by atoms with van der Waals surface area (Å²) in [5.41, 5.74) is -0.0433. The van der Waals surface area contributed by atoms with Crippen LogP contribution in [0, 0.1) is 6.92 Å². The highest BCUT2D eigenvalue weighted by Gasteiger charge is 2.23. The smallest absolute Gasteiger partial charge is 0.336 e. The van der Waals surface area contributed by atoms with Crippen LogP contribution in [0.4, 0.5) is 0 Å². The molecule has 0 saturated carbocycles. The van der Waals surface area contributed by atoms with Crippen molar-refractivity contribution < 1.29 is 23.4 Å². The second kappa shape index (κ2) is 6.53. The number of aromatic carboxylic acids is 1. The highest BCUT2D eigenvalue weighted by Crippen LogP contribution is 2.24. The second-order valence-electron chi connectivity index (χ2n) is 4.42. The van der Waals surface area contributed by atoms with Gasteiger partial charge in [-0.25, -0.2) is 17.9 Å². The van der Waals surface area contributed by atoms with Crippen molar-refractivity contribution in [3.63, 3.8) is 0 Å². The number of hydrogen-bond acceptors (Lipinski definition) is 4. The highest BCUT2D eigenvalue weighted by molar-refractivity contribution is 7.89. The van der Waals surface area contributed by atoms with Gasteiger partial charge in [-0.1, -0.05) is 11.6 Å². The molecular formula is C12H16ClNO5S. The Balaban J connectivity index is 3.28. The number of benzene rings is 1. The lowest BCUT2D eigenvalue weighted by Crippen LogP contribution is -2.33. The van der Waals surface area contributed by atoms with Crippen LogP contribution in [0.3, 0.4) is 0 Å². The normalized spacial score (nSPS) is 13.2. The molecule has 0 spiro atoms. The molecule has 0 aromatic heterocycles. The number of carboxylic acid groups (broad SMARTS) is 1. The third kappa shape index (κ3) is 3.92. The van der Waals surface area contributed by atoms with Gasteiger partial charge in [0.25, 0.3) is 0 Å². The van der Waals surface area contributed by atoms with Gasteiger partial charge in [0.05, 0.1) is 10.5 Å². The van der Waals surface area contributed by atoms with Gasteiger partial charge in [-0.15, -0.1) is 0 Å². The Morgan fingerprint density at radius 3 is 2.55 bits per heavy atom. The molecule has 3 N–H and O–H groups in total. The molecule has 0 aliphatic rings. The molecule has 112 valence electrons. The molecule has 0 aliphatic heterocycles. The fourth-order valence-corrected chi connectivity index (χ4v) is 3.59. The second-order valence-corrected chi connectivity index (χ2v) is 6.54. The number of aliphatic hydroxyl groups excluding tert-OH is 1. The number of aliphatic hydroxyl groups is 1. The van der Waals surface area contributed by atoms with E-state index in [0.29, 0.717) is 0 Å². The fourth-order valence-electron chi connectivity index (χ4n) is 1.74. The zero-order valence-corrected chi connectivity index (χ0v) is 12.6. The minimum Gasteiger partial charge on any atom is -0.478 e. The first-order valence-electron chi connectivity index (χ1n) is 5.85. The predicted octanol–water partition coefficient (Wildman–Crippen LogP) is 1.40. The quantitative estimate of drug-likeness (QED) is 0.734. The number of hydrogen-bond donors (Lipinski definition) is 3.